The summed E-state index contributed by atoms with van der Waals surface area (Å²) in [6.45, 7) is 6.90. The average molecular weight is 280 g/mol. The number of nitrogens with one attached hydrogen (secondary N) is 1. The van der Waals surface area contributed by atoms with Gasteiger partial charge in [-0.25, -0.2) is 0 Å². The van der Waals surface area contributed by atoms with Gasteiger partial charge in [0.15, 0.2) is 0 Å². The second-order valence-corrected chi connectivity index (χ2v) is 6.58. The van der Waals surface area contributed by atoms with Crippen LogP contribution in [0.1, 0.15) is 58.1 Å². The number of hydrogen-bond donors (Lipinski definition) is 1. The van der Waals surface area contributed by atoms with Crippen molar-refractivity contribution in [1.82, 2.24) is 5.32 Å². The van der Waals surface area contributed by atoms with E-state index >= 15 is 0 Å². The average Bonchev–Trinajstić information content (AvgIpc) is 2.84. The van der Waals surface area contributed by atoms with E-state index in [2.05, 4.69) is 38.2 Å². The second-order valence-electron chi connectivity index (χ2n) is 6.15. The third kappa shape index (κ3) is 3.73. The highest BCUT2D eigenvalue weighted by Crippen LogP contribution is 2.32. The molecule has 0 aliphatic heterocycles. The zero-order chi connectivity index (χ0) is 13.8. The van der Waals surface area contributed by atoms with Crippen molar-refractivity contribution in [3.8, 4) is 0 Å². The van der Waals surface area contributed by atoms with E-state index in [1.54, 1.807) is 0 Å². The van der Waals surface area contributed by atoms with Crippen LogP contribution in [-0.4, -0.2) is 6.04 Å². The molecule has 2 rings (SSSR count). The Bertz CT molecular complexity index is 385. The smallest absolute Gasteiger partial charge is 0.0406 e. The van der Waals surface area contributed by atoms with E-state index in [0.717, 1.165) is 10.9 Å². The fourth-order valence-electron chi connectivity index (χ4n) is 3.32. The van der Waals surface area contributed by atoms with Crippen molar-refractivity contribution in [2.75, 3.05) is 0 Å². The Hall–Kier alpha value is -0.530. The molecule has 3 unspecified atom stereocenters. The Morgan fingerprint density at radius 3 is 2.47 bits per heavy atom. The molecule has 0 amide bonds. The lowest BCUT2D eigenvalue weighted by Crippen LogP contribution is -2.37. The molecule has 0 radical (unpaired) electrons. The van der Waals surface area contributed by atoms with Gasteiger partial charge in [-0.05, 0) is 42.4 Å². The quantitative estimate of drug-likeness (QED) is 0.781. The molecule has 0 heterocycles. The first-order chi connectivity index (χ1) is 9.11. The molecule has 3 atom stereocenters. The van der Waals surface area contributed by atoms with Gasteiger partial charge in [-0.3, -0.25) is 0 Å². The SMILES string of the molecule is CCC1CCCC1NC(c1ccc(Cl)cc1)C(C)C. The van der Waals surface area contributed by atoms with E-state index in [0.29, 0.717) is 18.0 Å². The van der Waals surface area contributed by atoms with Crippen LogP contribution in [0.4, 0.5) is 0 Å². The molecule has 0 aromatic heterocycles. The van der Waals surface area contributed by atoms with Crippen molar-refractivity contribution in [2.24, 2.45) is 11.8 Å². The van der Waals surface area contributed by atoms with Gasteiger partial charge >= 0.3 is 0 Å². The molecule has 19 heavy (non-hydrogen) atoms. The lowest BCUT2D eigenvalue weighted by Gasteiger charge is -2.30. The van der Waals surface area contributed by atoms with Gasteiger partial charge in [0.05, 0.1) is 0 Å². The van der Waals surface area contributed by atoms with Crippen molar-refractivity contribution >= 4 is 11.6 Å². The molecular formula is C17H26ClN. The largest absolute Gasteiger partial charge is 0.307 e. The summed E-state index contributed by atoms with van der Waals surface area (Å²) in [6, 6.07) is 9.45. The van der Waals surface area contributed by atoms with Crippen molar-refractivity contribution in [1.29, 1.82) is 0 Å². The molecule has 106 valence electrons. The van der Waals surface area contributed by atoms with E-state index in [1.807, 2.05) is 12.1 Å². The first-order valence-corrected chi connectivity index (χ1v) is 8.01. The van der Waals surface area contributed by atoms with Crippen LogP contribution < -0.4 is 5.32 Å². The van der Waals surface area contributed by atoms with Gasteiger partial charge < -0.3 is 5.32 Å². The van der Waals surface area contributed by atoms with Crippen LogP contribution in [0.5, 0.6) is 0 Å². The molecule has 1 aliphatic carbocycles. The van der Waals surface area contributed by atoms with E-state index in [1.165, 1.54) is 31.2 Å². The highest BCUT2D eigenvalue weighted by Gasteiger charge is 2.29. The number of rotatable bonds is 5. The lowest BCUT2D eigenvalue weighted by atomic mass is 9.92. The Labute approximate surface area is 122 Å². The minimum absolute atomic E-state index is 0.439. The normalized spacial score (nSPS) is 24.9. The summed E-state index contributed by atoms with van der Waals surface area (Å²) in [6.07, 6.45) is 5.39. The van der Waals surface area contributed by atoms with Crippen LogP contribution >= 0.6 is 11.6 Å². The molecule has 0 spiro atoms. The number of halogens is 1. The molecule has 1 fully saturated rings. The summed E-state index contributed by atoms with van der Waals surface area (Å²) in [5, 5.41) is 4.73. The van der Waals surface area contributed by atoms with E-state index in [4.69, 9.17) is 11.6 Å². The molecule has 1 N–H and O–H groups in total. The number of benzene rings is 1. The van der Waals surface area contributed by atoms with Gasteiger partial charge in [0, 0.05) is 17.1 Å². The third-order valence-corrected chi connectivity index (χ3v) is 4.72. The minimum atomic E-state index is 0.439. The maximum Gasteiger partial charge on any atom is 0.0406 e. The topological polar surface area (TPSA) is 12.0 Å². The van der Waals surface area contributed by atoms with Crippen LogP contribution in [0.25, 0.3) is 0 Å². The van der Waals surface area contributed by atoms with Crippen LogP contribution in [0.2, 0.25) is 5.02 Å². The van der Waals surface area contributed by atoms with Crippen molar-refractivity contribution in [3.05, 3.63) is 34.9 Å². The highest BCUT2D eigenvalue weighted by atomic mass is 35.5. The summed E-state index contributed by atoms with van der Waals surface area (Å²) < 4.78 is 0. The van der Waals surface area contributed by atoms with Gasteiger partial charge in [-0.15, -0.1) is 0 Å². The third-order valence-electron chi connectivity index (χ3n) is 4.47. The van der Waals surface area contributed by atoms with E-state index in [9.17, 15) is 0 Å². The molecule has 1 nitrogen and oxygen atoms in total. The summed E-state index contributed by atoms with van der Waals surface area (Å²) in [5.41, 5.74) is 1.36. The van der Waals surface area contributed by atoms with Crippen LogP contribution in [0.15, 0.2) is 24.3 Å². The van der Waals surface area contributed by atoms with E-state index < -0.39 is 0 Å². The maximum absolute atomic E-state index is 5.99. The first-order valence-electron chi connectivity index (χ1n) is 7.63. The Morgan fingerprint density at radius 1 is 1.21 bits per heavy atom. The predicted molar refractivity (Wildman–Crippen MR) is 83.6 cm³/mol. The van der Waals surface area contributed by atoms with Crippen molar-refractivity contribution in [2.45, 2.75) is 58.5 Å². The summed E-state index contributed by atoms with van der Waals surface area (Å²) in [4.78, 5) is 0. The molecule has 2 heteroatoms. The van der Waals surface area contributed by atoms with E-state index in [-0.39, 0.29) is 0 Å². The zero-order valence-corrected chi connectivity index (χ0v) is 13.1. The molecule has 1 aromatic rings. The summed E-state index contributed by atoms with van der Waals surface area (Å²) in [5.74, 6) is 1.45. The summed E-state index contributed by atoms with van der Waals surface area (Å²) in [7, 11) is 0. The predicted octanol–water partition coefficient (Wildman–Crippen LogP) is 5.21. The van der Waals surface area contributed by atoms with Gasteiger partial charge in [-0.2, -0.15) is 0 Å². The molecule has 0 saturated heterocycles. The van der Waals surface area contributed by atoms with Crippen molar-refractivity contribution in [3.63, 3.8) is 0 Å². The fourth-order valence-corrected chi connectivity index (χ4v) is 3.45. The van der Waals surface area contributed by atoms with Crippen molar-refractivity contribution < 1.29 is 0 Å². The van der Waals surface area contributed by atoms with Gasteiger partial charge in [0.1, 0.15) is 0 Å². The molecule has 0 bridgehead atoms. The van der Waals surface area contributed by atoms with Gasteiger partial charge in [-0.1, -0.05) is 57.3 Å². The molecule has 1 saturated carbocycles. The van der Waals surface area contributed by atoms with Crippen LogP contribution in [0, 0.1) is 11.8 Å². The standard InChI is InChI=1S/C17H26ClN/c1-4-13-6-5-7-16(13)19-17(12(2)3)14-8-10-15(18)11-9-14/h8-13,16-17,19H,4-7H2,1-3H3. The minimum Gasteiger partial charge on any atom is -0.307 e. The monoisotopic (exact) mass is 279 g/mol. The van der Waals surface area contributed by atoms with Crippen LogP contribution in [0.3, 0.4) is 0 Å². The molecule has 1 aromatic carbocycles. The molecular weight excluding hydrogens is 254 g/mol. The Morgan fingerprint density at radius 2 is 1.89 bits per heavy atom. The zero-order valence-electron chi connectivity index (χ0n) is 12.3. The first kappa shape index (κ1) is 14.9. The fraction of sp³-hybridized carbons (Fsp3) is 0.647. The second kappa shape index (κ2) is 6.76. The maximum atomic E-state index is 5.99. The molecule has 1 aliphatic rings. The van der Waals surface area contributed by atoms with Crippen LogP contribution in [-0.2, 0) is 0 Å². The highest BCUT2D eigenvalue weighted by molar-refractivity contribution is 6.30. The lowest BCUT2D eigenvalue weighted by molar-refractivity contribution is 0.307. The van der Waals surface area contributed by atoms with Gasteiger partial charge in [0.25, 0.3) is 0 Å². The Kier molecular flexibility index (Phi) is 5.29. The number of hydrogen-bond acceptors (Lipinski definition) is 1. The summed E-state index contributed by atoms with van der Waals surface area (Å²) >= 11 is 5.99. The van der Waals surface area contributed by atoms with Gasteiger partial charge in [0.2, 0.25) is 0 Å². The Balaban J connectivity index is 2.10.